The predicted octanol–water partition coefficient (Wildman–Crippen LogP) is 7.30. The fourth-order valence-corrected chi connectivity index (χ4v) is 5.54. The van der Waals surface area contributed by atoms with Crippen LogP contribution in [-0.2, 0) is 6.18 Å². The van der Waals surface area contributed by atoms with Gasteiger partial charge < -0.3 is 14.8 Å². The van der Waals surface area contributed by atoms with Gasteiger partial charge in [0.25, 0.3) is 0 Å². The maximum Gasteiger partial charge on any atom is 0.418 e. The van der Waals surface area contributed by atoms with Crippen LogP contribution in [-0.4, -0.2) is 14.7 Å². The molecular weight excluding hydrogens is 493 g/mol. The third-order valence-corrected chi connectivity index (χ3v) is 7.42. The van der Waals surface area contributed by atoms with Crippen molar-refractivity contribution in [1.82, 2.24) is 14.9 Å². The summed E-state index contributed by atoms with van der Waals surface area (Å²) in [7, 11) is 0. The Morgan fingerprint density at radius 1 is 0.892 bits per heavy atom. The van der Waals surface area contributed by atoms with Crippen LogP contribution in [0, 0.1) is 27.7 Å². The highest BCUT2D eigenvalue weighted by molar-refractivity contribution is 7.80. The van der Waals surface area contributed by atoms with E-state index in [0.29, 0.717) is 10.8 Å². The van der Waals surface area contributed by atoms with Gasteiger partial charge >= 0.3 is 6.18 Å². The van der Waals surface area contributed by atoms with E-state index >= 15 is 0 Å². The van der Waals surface area contributed by atoms with Gasteiger partial charge in [-0.3, -0.25) is 4.98 Å². The number of aryl methyl sites for hydroxylation is 3. The Kier molecular flexibility index (Phi) is 6.31. The minimum Gasteiger partial charge on any atom is -0.351 e. The van der Waals surface area contributed by atoms with Gasteiger partial charge in [-0.2, -0.15) is 13.2 Å². The normalized spacial score (nSPS) is 17.8. The van der Waals surface area contributed by atoms with E-state index in [-0.39, 0.29) is 17.8 Å². The molecule has 0 amide bonds. The molecule has 1 fully saturated rings. The number of para-hydroxylation sites is 1. The fourth-order valence-electron chi connectivity index (χ4n) is 5.19. The molecule has 190 valence electrons. The summed E-state index contributed by atoms with van der Waals surface area (Å²) in [5.74, 6) is 0. The second kappa shape index (κ2) is 9.34. The van der Waals surface area contributed by atoms with Gasteiger partial charge in [0.1, 0.15) is 0 Å². The Morgan fingerprint density at radius 2 is 1.62 bits per heavy atom. The van der Waals surface area contributed by atoms with Crippen molar-refractivity contribution in [2.75, 3.05) is 4.90 Å². The molecule has 3 heterocycles. The first kappa shape index (κ1) is 25.0. The molecular formula is C29H27F3N4S. The van der Waals surface area contributed by atoms with Gasteiger partial charge in [0.05, 0.1) is 29.0 Å². The SMILES string of the molecule is Cc1ccc(N2C(=S)NC(c3ccccn3)C2c2cc(C)n(-c3ccccc3C(F)(F)F)c2C)cc1C. The van der Waals surface area contributed by atoms with Crippen LogP contribution in [0.15, 0.2) is 72.9 Å². The largest absolute Gasteiger partial charge is 0.418 e. The summed E-state index contributed by atoms with van der Waals surface area (Å²) in [4.78, 5) is 6.65. The molecule has 4 aromatic rings. The molecule has 2 atom stereocenters. The first-order chi connectivity index (χ1) is 17.6. The zero-order chi connectivity index (χ0) is 26.5. The van der Waals surface area contributed by atoms with Gasteiger partial charge in [0.2, 0.25) is 0 Å². The first-order valence-corrected chi connectivity index (χ1v) is 12.4. The molecule has 0 aliphatic carbocycles. The lowest BCUT2D eigenvalue weighted by atomic mass is 9.96. The average Bonchev–Trinajstić information content (AvgIpc) is 3.36. The Morgan fingerprint density at radius 3 is 2.30 bits per heavy atom. The summed E-state index contributed by atoms with van der Waals surface area (Å²) in [6.07, 6.45) is -2.74. The second-order valence-electron chi connectivity index (χ2n) is 9.44. The predicted molar refractivity (Wildman–Crippen MR) is 144 cm³/mol. The molecule has 2 aromatic heterocycles. The number of thiocarbonyl (C=S) groups is 1. The number of nitrogens with zero attached hydrogens (tertiary/aromatic N) is 3. The number of alkyl halides is 3. The maximum absolute atomic E-state index is 13.9. The number of hydrogen-bond acceptors (Lipinski definition) is 2. The van der Waals surface area contributed by atoms with Crippen LogP contribution in [0.1, 0.15) is 51.4 Å². The van der Waals surface area contributed by atoms with Crippen LogP contribution in [0.25, 0.3) is 5.69 Å². The smallest absolute Gasteiger partial charge is 0.351 e. The van der Waals surface area contributed by atoms with E-state index < -0.39 is 11.7 Å². The quantitative estimate of drug-likeness (QED) is 0.286. The van der Waals surface area contributed by atoms with Gasteiger partial charge in [-0.25, -0.2) is 0 Å². The number of hydrogen-bond donors (Lipinski definition) is 1. The van der Waals surface area contributed by atoms with E-state index in [9.17, 15) is 13.2 Å². The lowest BCUT2D eigenvalue weighted by molar-refractivity contribution is -0.137. The van der Waals surface area contributed by atoms with E-state index in [4.69, 9.17) is 12.2 Å². The van der Waals surface area contributed by atoms with Crippen LogP contribution < -0.4 is 10.2 Å². The first-order valence-electron chi connectivity index (χ1n) is 12.0. The van der Waals surface area contributed by atoms with Gasteiger partial charge in [0.15, 0.2) is 5.11 Å². The van der Waals surface area contributed by atoms with Crippen molar-refractivity contribution in [3.63, 3.8) is 0 Å². The summed E-state index contributed by atoms with van der Waals surface area (Å²) in [5, 5.41) is 3.98. The highest BCUT2D eigenvalue weighted by atomic mass is 32.1. The average molecular weight is 521 g/mol. The van der Waals surface area contributed by atoms with Crippen LogP contribution in [0.3, 0.4) is 0 Å². The van der Waals surface area contributed by atoms with Crippen LogP contribution in [0.2, 0.25) is 0 Å². The molecule has 1 aliphatic rings. The molecule has 0 spiro atoms. The molecule has 0 radical (unpaired) electrons. The van der Waals surface area contributed by atoms with Crippen molar-refractivity contribution >= 4 is 23.0 Å². The topological polar surface area (TPSA) is 33.1 Å². The lowest BCUT2D eigenvalue weighted by Crippen LogP contribution is -2.29. The molecule has 8 heteroatoms. The number of anilines is 1. The Hall–Kier alpha value is -3.65. The van der Waals surface area contributed by atoms with E-state index in [1.165, 1.54) is 17.7 Å². The fraction of sp³-hybridized carbons (Fsp3) is 0.241. The second-order valence-corrected chi connectivity index (χ2v) is 9.83. The third-order valence-electron chi connectivity index (χ3n) is 7.11. The van der Waals surface area contributed by atoms with Crippen molar-refractivity contribution in [3.05, 3.63) is 112 Å². The summed E-state index contributed by atoms with van der Waals surface area (Å²) in [5.41, 5.74) is 5.78. The minimum atomic E-state index is -4.47. The number of nitrogens with one attached hydrogen (secondary N) is 1. The lowest BCUT2D eigenvalue weighted by Gasteiger charge is -2.29. The number of benzene rings is 2. The van der Waals surface area contributed by atoms with Gasteiger partial charge in [-0.05, 0) is 99.1 Å². The number of halogens is 3. The maximum atomic E-state index is 13.9. The molecule has 0 saturated carbocycles. The number of rotatable bonds is 4. The van der Waals surface area contributed by atoms with Crippen LogP contribution in [0.5, 0.6) is 0 Å². The van der Waals surface area contributed by atoms with Gasteiger partial charge in [-0.1, -0.05) is 24.3 Å². The molecule has 0 bridgehead atoms. The van der Waals surface area contributed by atoms with Crippen molar-refractivity contribution in [3.8, 4) is 5.69 Å². The Labute approximate surface area is 219 Å². The van der Waals surface area contributed by atoms with Crippen molar-refractivity contribution in [1.29, 1.82) is 0 Å². The molecule has 5 rings (SSSR count). The molecule has 37 heavy (non-hydrogen) atoms. The minimum absolute atomic E-state index is 0.108. The molecule has 4 nitrogen and oxygen atoms in total. The van der Waals surface area contributed by atoms with Crippen molar-refractivity contribution in [2.45, 2.75) is 46.0 Å². The number of aromatic nitrogens is 2. The zero-order valence-corrected chi connectivity index (χ0v) is 21.8. The zero-order valence-electron chi connectivity index (χ0n) is 21.0. The van der Waals surface area contributed by atoms with Crippen molar-refractivity contribution in [2.24, 2.45) is 0 Å². The van der Waals surface area contributed by atoms with E-state index in [2.05, 4.69) is 41.2 Å². The molecule has 1 saturated heterocycles. The van der Waals surface area contributed by atoms with Crippen molar-refractivity contribution < 1.29 is 13.2 Å². The Bertz CT molecular complexity index is 1480. The monoisotopic (exact) mass is 520 g/mol. The summed E-state index contributed by atoms with van der Waals surface area (Å²) >= 11 is 5.83. The molecule has 2 unspecified atom stereocenters. The Balaban J connectivity index is 1.71. The molecule has 1 aliphatic heterocycles. The highest BCUT2D eigenvalue weighted by Crippen LogP contribution is 2.45. The molecule has 2 aromatic carbocycles. The van der Waals surface area contributed by atoms with Crippen LogP contribution in [0.4, 0.5) is 18.9 Å². The van der Waals surface area contributed by atoms with E-state index in [1.807, 2.05) is 44.2 Å². The highest BCUT2D eigenvalue weighted by Gasteiger charge is 2.43. The van der Waals surface area contributed by atoms with E-state index in [0.717, 1.165) is 34.3 Å². The molecule has 1 N–H and O–H groups in total. The van der Waals surface area contributed by atoms with Gasteiger partial charge in [0, 0.05) is 23.3 Å². The van der Waals surface area contributed by atoms with Crippen LogP contribution >= 0.6 is 12.2 Å². The van der Waals surface area contributed by atoms with Gasteiger partial charge in [-0.15, -0.1) is 0 Å². The number of pyridine rings is 1. The standard InChI is InChI=1S/C29H27F3N4S/c1-17-12-13-21(15-18(17)2)36-27(26(34-28(36)37)24-10-7-8-14-33-24)22-16-19(3)35(20(22)4)25-11-6-5-9-23(25)29(30,31)32/h5-16,26-27H,1-4H3,(H,34,37). The summed E-state index contributed by atoms with van der Waals surface area (Å²) in [6, 6.07) is 18.9. The summed E-state index contributed by atoms with van der Waals surface area (Å²) < 4.78 is 43.5. The summed E-state index contributed by atoms with van der Waals surface area (Å²) in [6.45, 7) is 7.81. The third kappa shape index (κ3) is 4.39. The van der Waals surface area contributed by atoms with E-state index in [1.54, 1.807) is 16.8 Å².